The largest absolute Gasteiger partial charge is 0.384 e. The third-order valence-electron chi connectivity index (χ3n) is 2.03. The third-order valence-corrected chi connectivity index (χ3v) is 4.17. The van der Waals surface area contributed by atoms with Crippen molar-refractivity contribution < 1.29 is 0 Å². The van der Waals surface area contributed by atoms with Gasteiger partial charge in [-0.05, 0) is 19.1 Å². The number of benzene rings is 1. The quantitative estimate of drug-likeness (QED) is 0.647. The zero-order valence-electron chi connectivity index (χ0n) is 9.14. The summed E-state index contributed by atoms with van der Waals surface area (Å²) in [5.74, 6) is 1.04. The maximum Gasteiger partial charge on any atom is 0.150 e. The highest BCUT2D eigenvalue weighted by Gasteiger charge is 1.98. The molecule has 2 aromatic rings. The van der Waals surface area contributed by atoms with E-state index >= 15 is 0 Å². The molecule has 84 valence electrons. The zero-order chi connectivity index (χ0) is 11.2. The lowest BCUT2D eigenvalue weighted by Crippen LogP contribution is -2.03. The summed E-state index contributed by atoms with van der Waals surface area (Å²) in [5.41, 5.74) is 2.29. The first-order valence-corrected chi connectivity index (χ1v) is 7.05. The van der Waals surface area contributed by atoms with Crippen LogP contribution in [0.3, 0.4) is 0 Å². The molecule has 0 bridgehead atoms. The fourth-order valence-corrected chi connectivity index (χ4v) is 3.06. The van der Waals surface area contributed by atoms with Crippen LogP contribution < -0.4 is 5.32 Å². The minimum absolute atomic E-state index is 0.966. The summed E-state index contributed by atoms with van der Waals surface area (Å²) in [5, 5.41) is 5.47. The predicted octanol–water partition coefficient (Wildman–Crippen LogP) is 3.66. The molecule has 1 heterocycles. The second-order valence-electron chi connectivity index (χ2n) is 3.40. The van der Waals surface area contributed by atoms with Crippen LogP contribution in [0.15, 0.2) is 40.1 Å². The SMILES string of the molecule is Cc1csc(SCCNc2ccccc2)n1. The Bertz CT molecular complexity index is 426. The molecule has 2 nitrogen and oxygen atoms in total. The summed E-state index contributed by atoms with van der Waals surface area (Å²) in [4.78, 5) is 4.41. The summed E-state index contributed by atoms with van der Waals surface area (Å²) in [6.07, 6.45) is 0. The predicted molar refractivity (Wildman–Crippen MR) is 72.5 cm³/mol. The molecule has 0 atom stereocenters. The van der Waals surface area contributed by atoms with Gasteiger partial charge in [0, 0.05) is 29.1 Å². The highest BCUT2D eigenvalue weighted by molar-refractivity contribution is 8.01. The highest BCUT2D eigenvalue weighted by Crippen LogP contribution is 2.21. The van der Waals surface area contributed by atoms with Gasteiger partial charge in [-0.15, -0.1) is 11.3 Å². The number of hydrogen-bond acceptors (Lipinski definition) is 4. The van der Waals surface area contributed by atoms with Crippen LogP contribution in [0.1, 0.15) is 5.69 Å². The summed E-state index contributed by atoms with van der Waals surface area (Å²) < 4.78 is 1.16. The molecule has 1 aromatic carbocycles. The van der Waals surface area contributed by atoms with Gasteiger partial charge >= 0.3 is 0 Å². The second kappa shape index (κ2) is 5.92. The van der Waals surface area contributed by atoms with Crippen LogP contribution in [0.2, 0.25) is 0 Å². The number of aromatic nitrogens is 1. The number of nitrogens with one attached hydrogen (secondary N) is 1. The van der Waals surface area contributed by atoms with Crippen molar-refractivity contribution in [3.63, 3.8) is 0 Å². The Morgan fingerprint density at radius 3 is 2.81 bits per heavy atom. The van der Waals surface area contributed by atoms with Gasteiger partial charge in [0.25, 0.3) is 0 Å². The fraction of sp³-hybridized carbons (Fsp3) is 0.250. The minimum atomic E-state index is 0.966. The Balaban J connectivity index is 1.69. The van der Waals surface area contributed by atoms with Crippen LogP contribution in [0.4, 0.5) is 5.69 Å². The molecule has 1 aromatic heterocycles. The minimum Gasteiger partial charge on any atom is -0.384 e. The Labute approximate surface area is 104 Å². The molecule has 0 aliphatic carbocycles. The molecule has 0 aliphatic heterocycles. The molecular formula is C12H14N2S2. The van der Waals surface area contributed by atoms with Crippen LogP contribution in [0.25, 0.3) is 0 Å². The van der Waals surface area contributed by atoms with E-state index in [1.807, 2.05) is 25.1 Å². The number of thiazole rings is 1. The lowest BCUT2D eigenvalue weighted by atomic mass is 10.3. The van der Waals surface area contributed by atoms with Crippen LogP contribution in [-0.2, 0) is 0 Å². The van der Waals surface area contributed by atoms with Crippen molar-refractivity contribution in [2.75, 3.05) is 17.6 Å². The molecule has 0 aliphatic rings. The van der Waals surface area contributed by atoms with Crippen LogP contribution >= 0.6 is 23.1 Å². The summed E-state index contributed by atoms with van der Waals surface area (Å²) in [6, 6.07) is 10.3. The number of para-hydroxylation sites is 1. The number of thioether (sulfide) groups is 1. The topological polar surface area (TPSA) is 24.9 Å². The molecular weight excluding hydrogens is 236 g/mol. The van der Waals surface area contributed by atoms with Gasteiger partial charge < -0.3 is 5.32 Å². The van der Waals surface area contributed by atoms with E-state index in [1.54, 1.807) is 23.1 Å². The zero-order valence-corrected chi connectivity index (χ0v) is 10.8. The van der Waals surface area contributed by atoms with Crippen LogP contribution in [0.5, 0.6) is 0 Å². The van der Waals surface area contributed by atoms with E-state index in [4.69, 9.17) is 0 Å². The number of nitrogens with zero attached hydrogens (tertiary/aromatic N) is 1. The average Bonchev–Trinajstić information content (AvgIpc) is 2.72. The maximum atomic E-state index is 4.41. The van der Waals surface area contributed by atoms with Gasteiger partial charge in [0.05, 0.1) is 0 Å². The summed E-state index contributed by atoms with van der Waals surface area (Å²) in [6.45, 7) is 3.00. The molecule has 0 radical (unpaired) electrons. The van der Waals surface area contributed by atoms with Gasteiger partial charge in [-0.25, -0.2) is 4.98 Å². The maximum absolute atomic E-state index is 4.41. The number of anilines is 1. The van der Waals surface area contributed by atoms with Crippen molar-refractivity contribution in [2.24, 2.45) is 0 Å². The van der Waals surface area contributed by atoms with Crippen molar-refractivity contribution in [3.8, 4) is 0 Å². The number of hydrogen-bond donors (Lipinski definition) is 1. The van der Waals surface area contributed by atoms with E-state index in [9.17, 15) is 0 Å². The van der Waals surface area contributed by atoms with E-state index < -0.39 is 0 Å². The van der Waals surface area contributed by atoms with E-state index in [1.165, 1.54) is 5.69 Å². The number of aryl methyl sites for hydroxylation is 1. The van der Waals surface area contributed by atoms with E-state index in [0.29, 0.717) is 0 Å². The molecule has 0 saturated carbocycles. The first-order chi connectivity index (χ1) is 7.84. The summed E-state index contributed by atoms with van der Waals surface area (Å²) in [7, 11) is 0. The van der Waals surface area contributed by atoms with Gasteiger partial charge in [-0.3, -0.25) is 0 Å². The van der Waals surface area contributed by atoms with Crippen molar-refractivity contribution in [1.82, 2.24) is 4.98 Å². The lowest BCUT2D eigenvalue weighted by molar-refractivity contribution is 1.15. The normalized spacial score (nSPS) is 10.3. The molecule has 0 saturated heterocycles. The van der Waals surface area contributed by atoms with Gasteiger partial charge in [0.15, 0.2) is 0 Å². The van der Waals surface area contributed by atoms with Gasteiger partial charge in [-0.2, -0.15) is 0 Å². The van der Waals surface area contributed by atoms with Crippen molar-refractivity contribution in [3.05, 3.63) is 41.4 Å². The number of rotatable bonds is 5. The van der Waals surface area contributed by atoms with Gasteiger partial charge in [-0.1, -0.05) is 30.0 Å². The van der Waals surface area contributed by atoms with Crippen LogP contribution in [0, 0.1) is 6.92 Å². The molecule has 2 rings (SSSR count). The van der Waals surface area contributed by atoms with Gasteiger partial charge in [0.1, 0.15) is 4.34 Å². The Morgan fingerprint density at radius 2 is 2.12 bits per heavy atom. The molecule has 16 heavy (non-hydrogen) atoms. The molecule has 1 N–H and O–H groups in total. The molecule has 0 amide bonds. The highest BCUT2D eigenvalue weighted by atomic mass is 32.2. The molecule has 0 fully saturated rings. The van der Waals surface area contributed by atoms with E-state index in [2.05, 4.69) is 27.8 Å². The average molecular weight is 250 g/mol. The van der Waals surface area contributed by atoms with Crippen LogP contribution in [-0.4, -0.2) is 17.3 Å². The lowest BCUT2D eigenvalue weighted by Gasteiger charge is -2.04. The smallest absolute Gasteiger partial charge is 0.150 e. The standard InChI is InChI=1S/C12H14N2S2/c1-10-9-16-12(14-10)15-8-7-13-11-5-3-2-4-6-11/h2-6,9,13H,7-8H2,1H3. The monoisotopic (exact) mass is 250 g/mol. The fourth-order valence-electron chi connectivity index (χ4n) is 1.29. The Morgan fingerprint density at radius 1 is 1.31 bits per heavy atom. The third kappa shape index (κ3) is 3.54. The molecule has 0 spiro atoms. The van der Waals surface area contributed by atoms with Crippen molar-refractivity contribution >= 4 is 28.8 Å². The van der Waals surface area contributed by atoms with Crippen molar-refractivity contribution in [2.45, 2.75) is 11.3 Å². The Kier molecular flexibility index (Phi) is 4.25. The van der Waals surface area contributed by atoms with E-state index in [0.717, 1.165) is 22.3 Å². The summed E-state index contributed by atoms with van der Waals surface area (Å²) >= 11 is 3.53. The first kappa shape index (κ1) is 11.5. The van der Waals surface area contributed by atoms with Gasteiger partial charge in [0.2, 0.25) is 0 Å². The van der Waals surface area contributed by atoms with Crippen molar-refractivity contribution in [1.29, 1.82) is 0 Å². The Hall–Kier alpha value is -1.00. The second-order valence-corrected chi connectivity index (χ2v) is 5.60. The molecule has 4 heteroatoms. The first-order valence-electron chi connectivity index (χ1n) is 5.18. The van der Waals surface area contributed by atoms with E-state index in [-0.39, 0.29) is 0 Å². The molecule has 0 unspecified atom stereocenters.